The first-order valence-corrected chi connectivity index (χ1v) is 13.9. The molecule has 0 saturated carbocycles. The fourth-order valence-electron chi connectivity index (χ4n) is 5.09. The maximum atomic E-state index is 11.7. The van der Waals surface area contributed by atoms with Crippen molar-refractivity contribution in [3.05, 3.63) is 100 Å². The summed E-state index contributed by atoms with van der Waals surface area (Å²) in [6.45, 7) is 23.1. The van der Waals surface area contributed by atoms with Gasteiger partial charge in [0.05, 0.1) is 0 Å². The normalized spacial score (nSPS) is 12.5. The van der Waals surface area contributed by atoms with E-state index < -0.39 is 0 Å². The fraction of sp³-hybridized carbons (Fsp3) is 0.471. The van der Waals surface area contributed by atoms with Crippen LogP contribution in [0.5, 0.6) is 0 Å². The van der Waals surface area contributed by atoms with Gasteiger partial charge in [0.2, 0.25) is 11.4 Å². The number of allylic oxidation sites excluding steroid dienone is 2. The second kappa shape index (κ2) is 18.3. The second-order valence-corrected chi connectivity index (χ2v) is 9.63. The Hall–Kier alpha value is -1.99. The fourth-order valence-corrected chi connectivity index (χ4v) is 5.09. The number of hydrogen-bond donors (Lipinski definition) is 0. The number of unbranched alkanes of at least 4 members (excludes halogenated alkanes) is 4. The standard InChI is InChI=1S/C30H40N2.2C2H5.Ni/c1-7-9-11-12-14-28-27(13-10-8-2)29(25-17-21(3)15-22(4)18-25)32(31)30(28)26-19-23(5)16-24(6)20-26;2*1-2;/h15-20H,7-14H2,1-6H3;2*1H2,2H3;/q;2*-1;+2. The molecule has 0 amide bonds. The minimum Gasteiger partial charge on any atom is -0.493 e. The number of hydrogen-bond acceptors (Lipinski definition) is 0. The van der Waals surface area contributed by atoms with Gasteiger partial charge in [-0.15, -0.1) is 0 Å². The van der Waals surface area contributed by atoms with Crippen molar-refractivity contribution in [1.82, 2.24) is 0 Å². The minimum atomic E-state index is 0. The summed E-state index contributed by atoms with van der Waals surface area (Å²) in [5.74, 6) is 0. The van der Waals surface area contributed by atoms with Crippen molar-refractivity contribution in [3.8, 4) is 0 Å². The summed E-state index contributed by atoms with van der Waals surface area (Å²) in [7, 11) is 0. The Morgan fingerprint density at radius 2 is 0.919 bits per heavy atom. The van der Waals surface area contributed by atoms with E-state index in [2.05, 4.69) is 91.8 Å². The average Bonchev–Trinajstić information content (AvgIpc) is 3.12. The van der Waals surface area contributed by atoms with Crippen LogP contribution in [0.1, 0.15) is 112 Å². The first-order valence-electron chi connectivity index (χ1n) is 13.9. The number of aryl methyl sites for hydroxylation is 4. The molecule has 0 aromatic heterocycles. The number of rotatable bonds is 10. The molecule has 0 spiro atoms. The van der Waals surface area contributed by atoms with Gasteiger partial charge in [0, 0.05) is 22.3 Å². The Bertz CT molecular complexity index is 1020. The molecule has 0 radical (unpaired) electrons. The van der Waals surface area contributed by atoms with Gasteiger partial charge in [0.25, 0.3) is 0 Å². The third-order valence-electron chi connectivity index (χ3n) is 6.41. The molecule has 0 saturated heterocycles. The van der Waals surface area contributed by atoms with Crippen molar-refractivity contribution in [3.63, 3.8) is 0 Å². The van der Waals surface area contributed by atoms with Crippen molar-refractivity contribution in [1.29, 1.82) is 0 Å². The van der Waals surface area contributed by atoms with Crippen LogP contribution in [0.3, 0.4) is 0 Å². The van der Waals surface area contributed by atoms with Gasteiger partial charge < -0.3 is 19.4 Å². The Balaban J connectivity index is 0.00000247. The molecule has 0 bridgehead atoms. The Kier molecular flexibility index (Phi) is 17.3. The molecule has 0 aliphatic carbocycles. The molecule has 0 fully saturated rings. The molecule has 0 N–H and O–H groups in total. The van der Waals surface area contributed by atoms with E-state index in [1.54, 1.807) is 13.8 Å². The van der Waals surface area contributed by atoms with E-state index in [4.69, 9.17) is 0 Å². The van der Waals surface area contributed by atoms with Gasteiger partial charge in [-0.05, 0) is 77.6 Å². The van der Waals surface area contributed by atoms with Gasteiger partial charge in [-0.3, -0.25) is 0 Å². The minimum absolute atomic E-state index is 0. The number of nitrogens with zero attached hydrogens (tertiary/aromatic N) is 2. The summed E-state index contributed by atoms with van der Waals surface area (Å²) >= 11 is 0. The van der Waals surface area contributed by atoms with Crippen molar-refractivity contribution >= 4 is 11.4 Å². The van der Waals surface area contributed by atoms with Crippen LogP contribution < -0.4 is 0 Å². The predicted molar refractivity (Wildman–Crippen MR) is 160 cm³/mol. The monoisotopic (exact) mass is 544 g/mol. The maximum Gasteiger partial charge on any atom is 2.00 e. The van der Waals surface area contributed by atoms with Crippen LogP contribution in [-0.2, 0) is 16.5 Å². The van der Waals surface area contributed by atoms with Gasteiger partial charge in [0.15, 0.2) is 0 Å². The zero-order valence-corrected chi connectivity index (χ0v) is 25.7. The predicted octanol–water partition coefficient (Wildman–Crippen LogP) is 10.9. The third-order valence-corrected chi connectivity index (χ3v) is 6.41. The number of benzene rings is 2. The Labute approximate surface area is 239 Å². The smallest absolute Gasteiger partial charge is 0.493 e. The van der Waals surface area contributed by atoms with Crippen LogP contribution in [0.15, 0.2) is 47.5 Å². The van der Waals surface area contributed by atoms with Crippen LogP contribution >= 0.6 is 0 Å². The molecule has 1 heterocycles. The molecule has 0 unspecified atom stereocenters. The van der Waals surface area contributed by atoms with E-state index in [0.717, 1.165) is 48.2 Å². The summed E-state index contributed by atoms with van der Waals surface area (Å²) in [5.41, 5.74) is 23.5. The van der Waals surface area contributed by atoms with Gasteiger partial charge in [-0.2, -0.15) is 13.8 Å². The molecule has 1 aliphatic heterocycles. The van der Waals surface area contributed by atoms with Crippen LogP contribution in [0.2, 0.25) is 0 Å². The molecular formula is C34H50N2Ni. The quantitative estimate of drug-likeness (QED) is 0.123. The van der Waals surface area contributed by atoms with Crippen LogP contribution in [0.4, 0.5) is 0 Å². The van der Waals surface area contributed by atoms with Crippen molar-refractivity contribution in [2.24, 2.45) is 0 Å². The van der Waals surface area contributed by atoms with Gasteiger partial charge in [0.1, 0.15) is 0 Å². The molecule has 37 heavy (non-hydrogen) atoms. The zero-order chi connectivity index (χ0) is 27.3. The van der Waals surface area contributed by atoms with E-state index in [0.29, 0.717) is 0 Å². The zero-order valence-electron chi connectivity index (χ0n) is 24.7. The topological polar surface area (TPSA) is 25.3 Å². The summed E-state index contributed by atoms with van der Waals surface area (Å²) in [5, 5.41) is 0. The van der Waals surface area contributed by atoms with E-state index in [-0.39, 0.29) is 16.5 Å². The van der Waals surface area contributed by atoms with E-state index in [1.165, 1.54) is 63.8 Å². The summed E-state index contributed by atoms with van der Waals surface area (Å²) < 4.78 is 1.52. The molecule has 2 aromatic carbocycles. The maximum absolute atomic E-state index is 11.7. The van der Waals surface area contributed by atoms with Gasteiger partial charge in [-0.1, -0.05) is 73.9 Å². The van der Waals surface area contributed by atoms with E-state index in [9.17, 15) is 5.53 Å². The SMILES string of the molecule is CCCCCCC1=C(c2cc(C)cc(C)c2)[N+](=[N-])C(c2cc(C)cc(C)c2)=C1CCCC.[CH2-]C.[CH2-]C.[Ni+2]. The molecular weight excluding hydrogens is 495 g/mol. The molecule has 2 nitrogen and oxygen atoms in total. The van der Waals surface area contributed by atoms with Gasteiger partial charge >= 0.3 is 16.5 Å². The molecule has 3 rings (SSSR count). The molecule has 206 valence electrons. The Morgan fingerprint density at radius 3 is 1.27 bits per heavy atom. The van der Waals surface area contributed by atoms with Crippen molar-refractivity contribution in [2.75, 3.05) is 0 Å². The largest absolute Gasteiger partial charge is 2.00 e. The molecule has 3 heteroatoms. The van der Waals surface area contributed by atoms with Crippen LogP contribution in [0, 0.1) is 41.5 Å². The first-order chi connectivity index (χ1) is 17.3. The van der Waals surface area contributed by atoms with Gasteiger partial charge in [-0.25, -0.2) is 4.70 Å². The molecule has 1 aliphatic rings. The molecule has 0 atom stereocenters. The van der Waals surface area contributed by atoms with Crippen molar-refractivity contribution in [2.45, 2.75) is 107 Å². The molecule has 2 aromatic rings. The van der Waals surface area contributed by atoms with Crippen LogP contribution in [-0.4, -0.2) is 4.70 Å². The van der Waals surface area contributed by atoms with Crippen molar-refractivity contribution < 1.29 is 21.2 Å². The summed E-state index contributed by atoms with van der Waals surface area (Å²) in [6, 6.07) is 13.3. The van der Waals surface area contributed by atoms with E-state index >= 15 is 0 Å². The Morgan fingerprint density at radius 1 is 0.568 bits per heavy atom. The van der Waals surface area contributed by atoms with E-state index in [1.807, 2.05) is 0 Å². The average molecular weight is 545 g/mol. The third kappa shape index (κ3) is 9.68. The second-order valence-electron chi connectivity index (χ2n) is 9.63. The summed E-state index contributed by atoms with van der Waals surface area (Å²) in [4.78, 5) is 0. The first kappa shape index (κ1) is 35.0. The summed E-state index contributed by atoms with van der Waals surface area (Å²) in [6.07, 6.45) is 9.23. The van der Waals surface area contributed by atoms with Crippen LogP contribution in [0.25, 0.3) is 16.9 Å².